The van der Waals surface area contributed by atoms with Crippen LogP contribution in [0, 0.1) is 0 Å². The van der Waals surface area contributed by atoms with Crippen molar-refractivity contribution in [2.45, 2.75) is 31.8 Å². The molecule has 0 saturated carbocycles. The van der Waals surface area contributed by atoms with Gasteiger partial charge in [-0.1, -0.05) is 6.08 Å². The lowest BCUT2D eigenvalue weighted by atomic mass is 9.91. The van der Waals surface area contributed by atoms with Gasteiger partial charge in [0, 0.05) is 6.20 Å². The molecule has 0 aromatic heterocycles. The molecule has 2 unspecified atom stereocenters. The van der Waals surface area contributed by atoms with E-state index in [0.29, 0.717) is 5.84 Å². The highest BCUT2D eigenvalue weighted by Crippen LogP contribution is 2.28. The minimum Gasteiger partial charge on any atom is -0.480 e. The van der Waals surface area contributed by atoms with E-state index in [-0.39, 0.29) is 6.42 Å². The highest BCUT2D eigenvalue weighted by Gasteiger charge is 2.45. The Balaban J connectivity index is 2.29. The standard InChI is InChI=1S/C13H15N3O4/c1-8(11(18)19)14-12(20)13(2)7-10(17)15-9-5-3-4-6-16(9)13/h3-6,8H,7H2,1-2H3,(H,14,20)(H,18,19). The van der Waals surface area contributed by atoms with Crippen LogP contribution in [0.2, 0.25) is 0 Å². The van der Waals surface area contributed by atoms with Crippen LogP contribution in [0.25, 0.3) is 0 Å². The number of rotatable bonds is 3. The zero-order valence-electron chi connectivity index (χ0n) is 11.2. The summed E-state index contributed by atoms with van der Waals surface area (Å²) >= 11 is 0. The first-order valence-electron chi connectivity index (χ1n) is 6.14. The first-order valence-corrected chi connectivity index (χ1v) is 6.14. The monoisotopic (exact) mass is 277 g/mol. The molecule has 2 heterocycles. The molecule has 0 bridgehead atoms. The van der Waals surface area contributed by atoms with Crippen molar-refractivity contribution in [2.75, 3.05) is 0 Å². The van der Waals surface area contributed by atoms with E-state index in [0.717, 1.165) is 0 Å². The Labute approximate surface area is 115 Å². The number of hydrogen-bond donors (Lipinski definition) is 2. The minimum absolute atomic E-state index is 0.104. The van der Waals surface area contributed by atoms with E-state index in [9.17, 15) is 14.4 Å². The molecule has 7 heteroatoms. The summed E-state index contributed by atoms with van der Waals surface area (Å²) in [5.41, 5.74) is -1.18. The molecule has 20 heavy (non-hydrogen) atoms. The molecule has 2 atom stereocenters. The second-order valence-electron chi connectivity index (χ2n) is 4.92. The van der Waals surface area contributed by atoms with Crippen molar-refractivity contribution in [3.8, 4) is 0 Å². The number of fused-ring (bicyclic) bond motifs is 1. The maximum absolute atomic E-state index is 12.4. The molecule has 0 aromatic carbocycles. The average molecular weight is 277 g/mol. The van der Waals surface area contributed by atoms with Crippen LogP contribution >= 0.6 is 0 Å². The summed E-state index contributed by atoms with van der Waals surface area (Å²) in [5.74, 6) is -1.68. The number of aliphatic imine (C=N–C) groups is 1. The Morgan fingerprint density at radius 2 is 2.20 bits per heavy atom. The molecule has 0 aromatic rings. The fourth-order valence-corrected chi connectivity index (χ4v) is 2.09. The molecular formula is C13H15N3O4. The smallest absolute Gasteiger partial charge is 0.325 e. The Bertz CT molecular complexity index is 564. The summed E-state index contributed by atoms with van der Waals surface area (Å²) in [4.78, 5) is 40.3. The lowest BCUT2D eigenvalue weighted by molar-refractivity contribution is -0.143. The number of amidine groups is 1. The predicted octanol–water partition coefficient (Wildman–Crippen LogP) is 0.0487. The van der Waals surface area contributed by atoms with Gasteiger partial charge < -0.3 is 15.3 Å². The first kappa shape index (κ1) is 14.0. The van der Waals surface area contributed by atoms with Crippen LogP contribution < -0.4 is 5.32 Å². The number of allylic oxidation sites excluding steroid dienone is 2. The van der Waals surface area contributed by atoms with Gasteiger partial charge in [0.15, 0.2) is 0 Å². The van der Waals surface area contributed by atoms with Crippen LogP contribution in [0.15, 0.2) is 29.4 Å². The van der Waals surface area contributed by atoms with E-state index in [1.807, 2.05) is 0 Å². The number of carboxylic acid groups (broad SMARTS) is 1. The highest BCUT2D eigenvalue weighted by atomic mass is 16.4. The summed E-state index contributed by atoms with van der Waals surface area (Å²) in [6.45, 7) is 2.96. The van der Waals surface area contributed by atoms with Crippen LogP contribution in [-0.2, 0) is 14.4 Å². The maximum Gasteiger partial charge on any atom is 0.325 e. The van der Waals surface area contributed by atoms with Gasteiger partial charge in [-0.05, 0) is 26.0 Å². The molecule has 2 amide bonds. The number of carbonyl (C=O) groups excluding carboxylic acids is 2. The SMILES string of the molecule is CC(NC(=O)C1(C)CC(=O)N=C2C=CC=CN21)C(=O)O. The van der Waals surface area contributed by atoms with E-state index in [1.165, 1.54) is 6.92 Å². The summed E-state index contributed by atoms with van der Waals surface area (Å²) in [5, 5.41) is 11.3. The van der Waals surface area contributed by atoms with Gasteiger partial charge in [0.1, 0.15) is 17.4 Å². The molecule has 2 rings (SSSR count). The third-order valence-electron chi connectivity index (χ3n) is 3.31. The van der Waals surface area contributed by atoms with E-state index < -0.39 is 29.4 Å². The van der Waals surface area contributed by atoms with Crippen molar-refractivity contribution in [2.24, 2.45) is 4.99 Å². The summed E-state index contributed by atoms with van der Waals surface area (Å²) in [6, 6.07) is -1.03. The van der Waals surface area contributed by atoms with Crippen LogP contribution in [0.4, 0.5) is 0 Å². The largest absolute Gasteiger partial charge is 0.480 e. The van der Waals surface area contributed by atoms with E-state index >= 15 is 0 Å². The molecule has 0 radical (unpaired) electrons. The van der Waals surface area contributed by atoms with Gasteiger partial charge in [-0.3, -0.25) is 14.4 Å². The van der Waals surface area contributed by atoms with Gasteiger partial charge in [0.05, 0.1) is 6.42 Å². The average Bonchev–Trinajstić information content (AvgIpc) is 2.38. The van der Waals surface area contributed by atoms with Crippen molar-refractivity contribution in [3.05, 3.63) is 24.4 Å². The fourth-order valence-electron chi connectivity index (χ4n) is 2.09. The summed E-state index contributed by atoms with van der Waals surface area (Å²) in [6.07, 6.45) is 6.61. The zero-order chi connectivity index (χ0) is 14.9. The molecule has 106 valence electrons. The highest BCUT2D eigenvalue weighted by molar-refractivity contribution is 6.09. The molecular weight excluding hydrogens is 262 g/mol. The van der Waals surface area contributed by atoms with Crippen LogP contribution in [0.5, 0.6) is 0 Å². The van der Waals surface area contributed by atoms with Gasteiger partial charge in [-0.25, -0.2) is 0 Å². The molecule has 2 aliphatic rings. The molecule has 2 N–H and O–H groups in total. The Kier molecular flexibility index (Phi) is 3.44. The van der Waals surface area contributed by atoms with Crippen LogP contribution in [-0.4, -0.2) is 45.2 Å². The molecule has 7 nitrogen and oxygen atoms in total. The summed E-state index contributed by atoms with van der Waals surface area (Å²) in [7, 11) is 0. The second-order valence-corrected chi connectivity index (χ2v) is 4.92. The van der Waals surface area contributed by atoms with Gasteiger partial charge in [0.2, 0.25) is 5.91 Å². The molecule has 0 aliphatic carbocycles. The van der Waals surface area contributed by atoms with Crippen molar-refractivity contribution in [1.82, 2.24) is 10.2 Å². The van der Waals surface area contributed by atoms with Crippen molar-refractivity contribution >= 4 is 23.6 Å². The molecule has 2 aliphatic heterocycles. The van der Waals surface area contributed by atoms with Gasteiger partial charge in [0.25, 0.3) is 5.91 Å². The Hall–Kier alpha value is -2.44. The normalized spacial score (nSPS) is 25.8. The number of aliphatic carboxylic acids is 1. The number of nitrogens with one attached hydrogen (secondary N) is 1. The molecule has 0 spiro atoms. The molecule has 0 fully saturated rings. The number of carboxylic acids is 1. The quantitative estimate of drug-likeness (QED) is 0.759. The predicted molar refractivity (Wildman–Crippen MR) is 70.8 cm³/mol. The molecule has 0 saturated heterocycles. The summed E-state index contributed by atoms with van der Waals surface area (Å²) < 4.78 is 0. The van der Waals surface area contributed by atoms with Gasteiger partial charge >= 0.3 is 5.97 Å². The van der Waals surface area contributed by atoms with Crippen molar-refractivity contribution in [1.29, 1.82) is 0 Å². The zero-order valence-corrected chi connectivity index (χ0v) is 11.2. The first-order chi connectivity index (χ1) is 9.34. The topological polar surface area (TPSA) is 99.1 Å². The minimum atomic E-state index is -1.18. The number of nitrogens with zero attached hydrogens (tertiary/aromatic N) is 2. The third-order valence-corrected chi connectivity index (χ3v) is 3.31. The third kappa shape index (κ3) is 2.34. The Morgan fingerprint density at radius 3 is 2.85 bits per heavy atom. The number of carbonyl (C=O) groups is 3. The van der Waals surface area contributed by atoms with Crippen molar-refractivity contribution < 1.29 is 19.5 Å². The fraction of sp³-hybridized carbons (Fsp3) is 0.385. The lowest BCUT2D eigenvalue weighted by Gasteiger charge is -2.41. The van der Waals surface area contributed by atoms with E-state index in [1.54, 1.807) is 36.3 Å². The second kappa shape index (κ2) is 4.92. The van der Waals surface area contributed by atoms with Gasteiger partial charge in [-0.2, -0.15) is 4.99 Å². The van der Waals surface area contributed by atoms with Crippen LogP contribution in [0.1, 0.15) is 20.3 Å². The van der Waals surface area contributed by atoms with Gasteiger partial charge in [-0.15, -0.1) is 0 Å². The van der Waals surface area contributed by atoms with Crippen molar-refractivity contribution in [3.63, 3.8) is 0 Å². The van der Waals surface area contributed by atoms with E-state index in [4.69, 9.17) is 5.11 Å². The van der Waals surface area contributed by atoms with E-state index in [2.05, 4.69) is 10.3 Å². The number of amides is 2. The Morgan fingerprint density at radius 1 is 1.50 bits per heavy atom. The maximum atomic E-state index is 12.4. The van der Waals surface area contributed by atoms with Crippen LogP contribution in [0.3, 0.4) is 0 Å². The number of hydrogen-bond acceptors (Lipinski definition) is 4. The lowest BCUT2D eigenvalue weighted by Crippen LogP contribution is -2.61.